The van der Waals surface area contributed by atoms with E-state index in [0.29, 0.717) is 5.02 Å². The summed E-state index contributed by atoms with van der Waals surface area (Å²) in [4.78, 5) is 27.5. The number of allylic oxidation sites excluding steroid dienone is 1. The zero-order valence-electron chi connectivity index (χ0n) is 16.3. The van der Waals surface area contributed by atoms with Crippen molar-refractivity contribution in [3.8, 4) is 0 Å². The van der Waals surface area contributed by atoms with Crippen LogP contribution in [0.25, 0.3) is 0 Å². The van der Waals surface area contributed by atoms with Crippen LogP contribution in [0.2, 0.25) is 5.02 Å². The Balaban J connectivity index is 2.09. The molecular formula is C22H26ClNO4. The molecule has 0 spiro atoms. The van der Waals surface area contributed by atoms with E-state index >= 15 is 0 Å². The SMILES string of the molecule is C=C/C(=C\C)[C@H]1OCC(=O)N([C@H](C(=O)OCC)C2CC2)[C@@H]1c1ccc(Cl)cc1. The van der Waals surface area contributed by atoms with Gasteiger partial charge in [-0.1, -0.05) is 42.5 Å². The minimum Gasteiger partial charge on any atom is -0.464 e. The predicted molar refractivity (Wildman–Crippen MR) is 108 cm³/mol. The van der Waals surface area contributed by atoms with E-state index in [9.17, 15) is 9.59 Å². The molecule has 2 aliphatic rings. The number of halogens is 1. The molecule has 150 valence electrons. The molecular weight excluding hydrogens is 378 g/mol. The van der Waals surface area contributed by atoms with Crippen LogP contribution in [0.4, 0.5) is 0 Å². The minimum absolute atomic E-state index is 0.0808. The molecule has 1 amide bonds. The molecule has 1 heterocycles. The van der Waals surface area contributed by atoms with E-state index in [1.165, 1.54) is 0 Å². The quantitative estimate of drug-likeness (QED) is 0.508. The molecule has 0 unspecified atom stereocenters. The van der Waals surface area contributed by atoms with Gasteiger partial charge in [-0.3, -0.25) is 4.79 Å². The van der Waals surface area contributed by atoms with E-state index in [1.807, 2.05) is 25.1 Å². The molecule has 5 nitrogen and oxygen atoms in total. The summed E-state index contributed by atoms with van der Waals surface area (Å²) in [6, 6.07) is 6.25. The number of amides is 1. The zero-order valence-corrected chi connectivity index (χ0v) is 17.0. The Bertz CT molecular complexity index is 769. The zero-order chi connectivity index (χ0) is 20.3. The predicted octanol–water partition coefficient (Wildman–Crippen LogP) is 4.08. The average Bonchev–Trinajstić information content (AvgIpc) is 3.51. The van der Waals surface area contributed by atoms with E-state index in [-0.39, 0.29) is 31.0 Å². The summed E-state index contributed by atoms with van der Waals surface area (Å²) in [5.74, 6) is -0.436. The third-order valence-corrected chi connectivity index (χ3v) is 5.52. The molecule has 6 heteroatoms. The fourth-order valence-corrected chi connectivity index (χ4v) is 3.93. The Morgan fingerprint density at radius 3 is 2.61 bits per heavy atom. The highest BCUT2D eigenvalue weighted by atomic mass is 35.5. The number of rotatable bonds is 7. The van der Waals surface area contributed by atoms with Crippen molar-refractivity contribution in [1.29, 1.82) is 0 Å². The van der Waals surface area contributed by atoms with Crippen molar-refractivity contribution in [2.45, 2.75) is 44.9 Å². The lowest BCUT2D eigenvalue weighted by Crippen LogP contribution is -2.57. The molecule has 1 saturated carbocycles. The third-order valence-electron chi connectivity index (χ3n) is 5.27. The maximum Gasteiger partial charge on any atom is 0.329 e. The summed E-state index contributed by atoms with van der Waals surface area (Å²) >= 11 is 6.07. The summed E-state index contributed by atoms with van der Waals surface area (Å²) in [7, 11) is 0. The molecule has 0 radical (unpaired) electrons. The number of hydrogen-bond donors (Lipinski definition) is 0. The largest absolute Gasteiger partial charge is 0.464 e. The highest BCUT2D eigenvalue weighted by molar-refractivity contribution is 6.30. The van der Waals surface area contributed by atoms with Gasteiger partial charge in [0, 0.05) is 5.02 Å². The molecule has 1 aliphatic heterocycles. The van der Waals surface area contributed by atoms with Crippen LogP contribution in [0.5, 0.6) is 0 Å². The van der Waals surface area contributed by atoms with E-state index < -0.39 is 18.2 Å². The van der Waals surface area contributed by atoms with Gasteiger partial charge in [0.15, 0.2) is 0 Å². The van der Waals surface area contributed by atoms with Gasteiger partial charge < -0.3 is 14.4 Å². The second-order valence-corrected chi connectivity index (χ2v) is 7.49. The number of esters is 1. The van der Waals surface area contributed by atoms with Gasteiger partial charge in [-0.05, 0) is 55.9 Å². The van der Waals surface area contributed by atoms with Gasteiger partial charge in [0.1, 0.15) is 18.8 Å². The third kappa shape index (κ3) is 4.15. The number of morpholine rings is 1. The topological polar surface area (TPSA) is 55.8 Å². The normalized spacial score (nSPS) is 24.0. The molecule has 1 saturated heterocycles. The number of ether oxygens (including phenoxy) is 2. The Morgan fingerprint density at radius 1 is 1.39 bits per heavy atom. The Labute approximate surface area is 170 Å². The van der Waals surface area contributed by atoms with Crippen LogP contribution in [-0.2, 0) is 19.1 Å². The van der Waals surface area contributed by atoms with Crippen molar-refractivity contribution in [2.24, 2.45) is 5.92 Å². The Kier molecular flexibility index (Phi) is 6.57. The van der Waals surface area contributed by atoms with Gasteiger partial charge >= 0.3 is 5.97 Å². The number of carbonyl (C=O) groups is 2. The average molecular weight is 404 g/mol. The van der Waals surface area contributed by atoms with E-state index in [4.69, 9.17) is 21.1 Å². The molecule has 3 rings (SSSR count). The van der Waals surface area contributed by atoms with Gasteiger partial charge in [0.2, 0.25) is 5.91 Å². The van der Waals surface area contributed by atoms with Crippen molar-refractivity contribution in [2.75, 3.05) is 13.2 Å². The summed E-state index contributed by atoms with van der Waals surface area (Å²) < 4.78 is 11.3. The van der Waals surface area contributed by atoms with Crippen LogP contribution in [-0.4, -0.2) is 42.1 Å². The number of carbonyl (C=O) groups excluding carboxylic acids is 2. The first kappa shape index (κ1) is 20.6. The van der Waals surface area contributed by atoms with Crippen molar-refractivity contribution >= 4 is 23.5 Å². The summed E-state index contributed by atoms with van der Waals surface area (Å²) in [5, 5.41) is 0.606. The maximum absolute atomic E-state index is 13.0. The first-order valence-electron chi connectivity index (χ1n) is 9.65. The fraction of sp³-hybridized carbons (Fsp3) is 0.455. The highest BCUT2D eigenvalue weighted by Crippen LogP contribution is 2.43. The molecule has 1 aromatic carbocycles. The summed E-state index contributed by atoms with van der Waals surface area (Å²) in [6.07, 6.45) is 5.05. The second kappa shape index (κ2) is 8.93. The van der Waals surface area contributed by atoms with Gasteiger partial charge in [-0.25, -0.2) is 4.79 Å². The minimum atomic E-state index is -0.609. The van der Waals surface area contributed by atoms with Crippen LogP contribution in [0.1, 0.15) is 38.3 Å². The van der Waals surface area contributed by atoms with Crippen LogP contribution >= 0.6 is 11.6 Å². The molecule has 0 aromatic heterocycles. The Hall–Kier alpha value is -2.11. The van der Waals surface area contributed by atoms with Gasteiger partial charge in [0.25, 0.3) is 0 Å². The lowest BCUT2D eigenvalue weighted by Gasteiger charge is -2.45. The van der Waals surface area contributed by atoms with Crippen molar-refractivity contribution in [3.05, 3.63) is 59.2 Å². The molecule has 2 fully saturated rings. The first-order chi connectivity index (χ1) is 13.5. The molecule has 1 aromatic rings. The fourth-order valence-electron chi connectivity index (χ4n) is 3.80. The van der Waals surface area contributed by atoms with Crippen LogP contribution in [0.3, 0.4) is 0 Å². The molecule has 3 atom stereocenters. The van der Waals surface area contributed by atoms with Crippen LogP contribution in [0.15, 0.2) is 48.6 Å². The second-order valence-electron chi connectivity index (χ2n) is 7.06. The molecule has 1 aliphatic carbocycles. The highest BCUT2D eigenvalue weighted by Gasteiger charge is 2.50. The number of hydrogen-bond acceptors (Lipinski definition) is 4. The van der Waals surface area contributed by atoms with Crippen molar-refractivity contribution < 1.29 is 19.1 Å². The molecule has 0 N–H and O–H groups in total. The van der Waals surface area contributed by atoms with Gasteiger partial charge in [-0.15, -0.1) is 0 Å². The first-order valence-corrected chi connectivity index (χ1v) is 10.0. The van der Waals surface area contributed by atoms with E-state index in [1.54, 1.807) is 30.0 Å². The van der Waals surface area contributed by atoms with Crippen molar-refractivity contribution in [3.63, 3.8) is 0 Å². The smallest absolute Gasteiger partial charge is 0.329 e. The lowest BCUT2D eigenvalue weighted by atomic mass is 9.90. The number of nitrogens with zero attached hydrogens (tertiary/aromatic N) is 1. The summed E-state index contributed by atoms with van der Waals surface area (Å²) in [5.41, 5.74) is 1.73. The molecule has 28 heavy (non-hydrogen) atoms. The molecule has 0 bridgehead atoms. The lowest BCUT2D eigenvalue weighted by molar-refractivity contribution is -0.171. The maximum atomic E-state index is 13.0. The van der Waals surface area contributed by atoms with Crippen LogP contribution < -0.4 is 0 Å². The summed E-state index contributed by atoms with van der Waals surface area (Å²) in [6.45, 7) is 7.77. The van der Waals surface area contributed by atoms with Gasteiger partial charge in [0.05, 0.1) is 12.6 Å². The van der Waals surface area contributed by atoms with Gasteiger partial charge in [-0.2, -0.15) is 0 Å². The van der Waals surface area contributed by atoms with E-state index in [2.05, 4.69) is 6.58 Å². The number of benzene rings is 1. The Morgan fingerprint density at radius 2 is 2.07 bits per heavy atom. The van der Waals surface area contributed by atoms with E-state index in [0.717, 1.165) is 24.0 Å². The van der Waals surface area contributed by atoms with Crippen molar-refractivity contribution in [1.82, 2.24) is 4.90 Å². The van der Waals surface area contributed by atoms with Crippen LogP contribution in [0, 0.1) is 5.92 Å². The monoisotopic (exact) mass is 403 g/mol. The standard InChI is InChI=1S/C22H26ClNO4/c1-4-14(5-2)21-19(15-9-11-17(23)12-10-15)24(18(25)13-28-21)20(16-7-8-16)22(26)27-6-3/h4-5,9-12,16,19-21H,1,6-8,13H2,2-3H3/b14-5+/t19-,20+,21-/m1/s1.